The Balaban J connectivity index is 0.996. The fourth-order valence-corrected chi connectivity index (χ4v) is 7.39. The highest BCUT2D eigenvalue weighted by molar-refractivity contribution is 8.76. The van der Waals surface area contributed by atoms with Crippen molar-refractivity contribution in [2.24, 2.45) is 0 Å². The highest BCUT2D eigenvalue weighted by atomic mass is 33.1. The van der Waals surface area contributed by atoms with Crippen molar-refractivity contribution < 1.29 is 37.7 Å². The van der Waals surface area contributed by atoms with Crippen molar-refractivity contribution in [2.45, 2.75) is 52.6 Å². The Bertz CT molecular complexity index is 1850. The lowest BCUT2D eigenvalue weighted by Crippen LogP contribution is -2.34. The normalized spacial score (nSPS) is 11.1. The van der Waals surface area contributed by atoms with Crippen molar-refractivity contribution in [3.8, 4) is 23.0 Å². The first kappa shape index (κ1) is 43.8. The van der Waals surface area contributed by atoms with Crippen LogP contribution in [0, 0.1) is 0 Å². The Labute approximate surface area is 340 Å². The van der Waals surface area contributed by atoms with Crippen LogP contribution in [0.2, 0.25) is 0 Å². The molecule has 0 saturated heterocycles. The molecule has 10 nitrogen and oxygen atoms in total. The summed E-state index contributed by atoms with van der Waals surface area (Å²) in [5, 5.41) is 6.02. The average Bonchev–Trinajstić information content (AvgIpc) is 3.22. The quantitative estimate of drug-likeness (QED) is 0.0410. The first-order valence-corrected chi connectivity index (χ1v) is 21.6. The Hall–Kier alpha value is -4.94. The molecule has 0 spiro atoms. The minimum Gasteiger partial charge on any atom is -0.497 e. The molecular weight excluding hydrogens is 745 g/mol. The van der Waals surface area contributed by atoms with E-state index >= 15 is 0 Å². The zero-order chi connectivity index (χ0) is 39.8. The number of aromatic nitrogens is 2. The summed E-state index contributed by atoms with van der Waals surface area (Å²) >= 11 is 0. The molecule has 298 valence electrons. The lowest BCUT2D eigenvalue weighted by atomic mass is 10.1. The summed E-state index contributed by atoms with van der Waals surface area (Å²) in [6, 6.07) is 19.9. The molecule has 2 aromatic carbocycles. The molecule has 4 rings (SSSR count). The smallest absolute Gasteiger partial charge is 0.220 e. The summed E-state index contributed by atoms with van der Waals surface area (Å²) in [4.78, 5) is 24.6. The van der Waals surface area contributed by atoms with Gasteiger partial charge in [-0.15, -0.1) is 0 Å². The van der Waals surface area contributed by atoms with Gasteiger partial charge in [0.25, 0.3) is 0 Å². The van der Waals surface area contributed by atoms with Crippen LogP contribution in [-0.2, 0) is 22.7 Å². The third kappa shape index (κ3) is 16.0. The molecule has 56 heavy (non-hydrogen) atoms. The maximum absolute atomic E-state index is 12.3. The standard InChI is InChI=1S/C44H54N4O6S2/c1-5-53-40-18-16-38(42(34-40)54-6-2)14-12-36-21-29-48(30-22-36)26-8-10-44(50)46-24-32-56-55-31-23-45-43(49)9-7-25-47-27-19-35(20-28-47)11-13-37-15-17-39(51-3)33-41(37)52-4/h11-22,27-30,33-34H,5-10,23-26,31-32H2,1-4H3/p+2/b13-11+,14-12+. The molecule has 2 N–H and O–H groups in total. The summed E-state index contributed by atoms with van der Waals surface area (Å²) in [6.45, 7) is 7.94. The molecule has 0 aliphatic carbocycles. The largest absolute Gasteiger partial charge is 0.497 e. The van der Waals surface area contributed by atoms with Crippen LogP contribution in [0.5, 0.6) is 23.0 Å². The predicted octanol–water partition coefficient (Wildman–Crippen LogP) is 7.29. The molecule has 0 aliphatic rings. The van der Waals surface area contributed by atoms with Crippen molar-refractivity contribution in [1.82, 2.24) is 10.6 Å². The Kier molecular flexibility index (Phi) is 19.8. The number of pyridine rings is 2. The van der Waals surface area contributed by atoms with Gasteiger partial charge in [-0.1, -0.05) is 45.9 Å². The molecule has 2 heterocycles. The van der Waals surface area contributed by atoms with E-state index in [1.165, 1.54) is 0 Å². The van der Waals surface area contributed by atoms with Crippen LogP contribution in [0.3, 0.4) is 0 Å². The molecule has 0 fully saturated rings. The maximum atomic E-state index is 12.3. The topological polar surface area (TPSA) is 103 Å². The summed E-state index contributed by atoms with van der Waals surface area (Å²) in [5.41, 5.74) is 4.13. The molecular formula is C44H56N4O6S2+2. The van der Waals surface area contributed by atoms with Crippen LogP contribution < -0.4 is 38.7 Å². The van der Waals surface area contributed by atoms with E-state index in [1.807, 2.05) is 93.3 Å². The number of ether oxygens (including phenoxy) is 4. The molecule has 0 bridgehead atoms. The van der Waals surface area contributed by atoms with Gasteiger partial charge in [0.15, 0.2) is 24.8 Å². The van der Waals surface area contributed by atoms with E-state index in [0.29, 0.717) is 39.1 Å². The van der Waals surface area contributed by atoms with Crippen molar-refractivity contribution in [1.29, 1.82) is 0 Å². The van der Waals surface area contributed by atoms with E-state index < -0.39 is 0 Å². The lowest BCUT2D eigenvalue weighted by Gasteiger charge is -2.10. The second-order valence-corrected chi connectivity index (χ2v) is 15.3. The van der Waals surface area contributed by atoms with E-state index in [4.69, 9.17) is 18.9 Å². The number of benzene rings is 2. The van der Waals surface area contributed by atoms with Crippen molar-refractivity contribution in [2.75, 3.05) is 52.0 Å². The number of aryl methyl sites for hydroxylation is 2. The van der Waals surface area contributed by atoms with Gasteiger partial charge in [0.2, 0.25) is 11.8 Å². The number of carbonyl (C=O) groups is 2. The number of methoxy groups -OCH3 is 2. The van der Waals surface area contributed by atoms with Crippen LogP contribution in [0.1, 0.15) is 61.8 Å². The number of hydrogen-bond acceptors (Lipinski definition) is 8. The van der Waals surface area contributed by atoms with Gasteiger partial charge < -0.3 is 29.6 Å². The lowest BCUT2D eigenvalue weighted by molar-refractivity contribution is -0.697. The molecule has 0 unspecified atom stereocenters. The highest BCUT2D eigenvalue weighted by Gasteiger charge is 2.08. The van der Waals surface area contributed by atoms with Gasteiger partial charge in [-0.25, -0.2) is 9.13 Å². The van der Waals surface area contributed by atoms with Crippen LogP contribution >= 0.6 is 21.6 Å². The predicted molar refractivity (Wildman–Crippen MR) is 229 cm³/mol. The first-order chi connectivity index (χ1) is 27.4. The molecule has 2 amide bonds. The van der Waals surface area contributed by atoms with Crippen molar-refractivity contribution in [3.05, 3.63) is 108 Å². The zero-order valence-electron chi connectivity index (χ0n) is 33.0. The van der Waals surface area contributed by atoms with Crippen molar-refractivity contribution in [3.63, 3.8) is 0 Å². The number of nitrogens with zero attached hydrogens (tertiary/aromatic N) is 2. The molecule has 0 atom stereocenters. The minimum absolute atomic E-state index is 0.0684. The molecule has 0 saturated carbocycles. The van der Waals surface area contributed by atoms with Gasteiger partial charge in [0.05, 0.1) is 27.4 Å². The SMILES string of the molecule is CCOc1ccc(/C=C/c2cc[n+](CCCC(=O)NCCSSCCNC(=O)CCC[n+]3ccc(/C=C/c4ccc(OC)cc4OC)cc3)cc2)c(OCC)c1. The summed E-state index contributed by atoms with van der Waals surface area (Å²) in [6.07, 6.45) is 18.8. The van der Waals surface area contributed by atoms with E-state index in [0.717, 1.165) is 82.7 Å². The van der Waals surface area contributed by atoms with Crippen LogP contribution in [0.4, 0.5) is 0 Å². The number of carbonyl (C=O) groups excluding carboxylic acids is 2. The fourth-order valence-electron chi connectivity index (χ4n) is 5.58. The van der Waals surface area contributed by atoms with Gasteiger partial charge in [0, 0.05) is 97.8 Å². The molecule has 4 aromatic rings. The molecule has 0 aliphatic heterocycles. The Morgan fingerprint density at radius 2 is 1.09 bits per heavy atom. The Morgan fingerprint density at radius 1 is 0.607 bits per heavy atom. The summed E-state index contributed by atoms with van der Waals surface area (Å²) in [5.74, 6) is 4.89. The molecule has 0 radical (unpaired) electrons. The van der Waals surface area contributed by atoms with Gasteiger partial charge in [-0.05, 0) is 49.2 Å². The minimum atomic E-state index is 0.0684. The maximum Gasteiger partial charge on any atom is 0.220 e. The van der Waals surface area contributed by atoms with Gasteiger partial charge in [-0.3, -0.25) is 9.59 Å². The van der Waals surface area contributed by atoms with Gasteiger partial charge in [-0.2, -0.15) is 0 Å². The number of nitrogens with one attached hydrogen (secondary N) is 2. The Morgan fingerprint density at radius 3 is 1.57 bits per heavy atom. The molecule has 2 aromatic heterocycles. The average molecular weight is 801 g/mol. The number of hydrogen-bond donors (Lipinski definition) is 2. The third-order valence-electron chi connectivity index (χ3n) is 8.52. The van der Waals surface area contributed by atoms with E-state index in [1.54, 1.807) is 35.8 Å². The van der Waals surface area contributed by atoms with Crippen molar-refractivity contribution >= 4 is 57.7 Å². The molecule has 12 heteroatoms. The van der Waals surface area contributed by atoms with E-state index in [9.17, 15) is 9.59 Å². The van der Waals surface area contributed by atoms with E-state index in [2.05, 4.69) is 50.1 Å². The summed E-state index contributed by atoms with van der Waals surface area (Å²) < 4.78 is 26.3. The zero-order valence-corrected chi connectivity index (χ0v) is 34.7. The second kappa shape index (κ2) is 25.3. The van der Waals surface area contributed by atoms with E-state index in [-0.39, 0.29) is 11.8 Å². The van der Waals surface area contributed by atoms with Gasteiger partial charge >= 0.3 is 0 Å². The van der Waals surface area contributed by atoms with Gasteiger partial charge in [0.1, 0.15) is 36.1 Å². The monoisotopic (exact) mass is 800 g/mol. The third-order valence-corrected chi connectivity index (χ3v) is 10.9. The van der Waals surface area contributed by atoms with Crippen LogP contribution in [0.15, 0.2) is 85.5 Å². The highest BCUT2D eigenvalue weighted by Crippen LogP contribution is 2.28. The van der Waals surface area contributed by atoms with Crippen LogP contribution in [0.25, 0.3) is 24.3 Å². The summed E-state index contributed by atoms with van der Waals surface area (Å²) in [7, 11) is 6.70. The second-order valence-electron chi connectivity index (χ2n) is 12.6. The fraction of sp³-hybridized carbons (Fsp3) is 0.364. The number of amides is 2. The first-order valence-electron chi connectivity index (χ1n) is 19.1. The number of rotatable bonds is 25. The van der Waals surface area contributed by atoms with Crippen LogP contribution in [-0.4, -0.2) is 63.8 Å².